The monoisotopic (exact) mass is 363 g/mol. The third-order valence-electron chi connectivity index (χ3n) is 4.83. The molecule has 7 nitrogen and oxygen atoms in total. The molecule has 2 atom stereocenters. The van der Waals surface area contributed by atoms with Gasteiger partial charge in [-0.15, -0.1) is 0 Å². The minimum Gasteiger partial charge on any atom is -0.493 e. The van der Waals surface area contributed by atoms with Crippen molar-refractivity contribution in [3.05, 3.63) is 23.3 Å². The highest BCUT2D eigenvalue weighted by Crippen LogP contribution is 2.53. The van der Waals surface area contributed by atoms with Gasteiger partial charge in [-0.2, -0.15) is 0 Å². The molecule has 2 rings (SSSR count). The standard InChI is InChI=1S/C19H25NO6/c1-6-26-18(23)19(11(2)21)9-13(10-20-12(3)22)16-14(19)7-8-15(24-4)17(16)25-5/h7-8,13H,6,9-10H2,1-5H3,(H,20,22). The summed E-state index contributed by atoms with van der Waals surface area (Å²) in [6.45, 7) is 4.96. The Hall–Kier alpha value is -2.57. The summed E-state index contributed by atoms with van der Waals surface area (Å²) in [6.07, 6.45) is 0.209. The molecule has 1 aliphatic carbocycles. The Morgan fingerprint density at radius 1 is 1.19 bits per heavy atom. The van der Waals surface area contributed by atoms with Gasteiger partial charge in [0.15, 0.2) is 22.7 Å². The van der Waals surface area contributed by atoms with E-state index in [0.717, 1.165) is 0 Å². The van der Waals surface area contributed by atoms with E-state index in [2.05, 4.69) is 5.32 Å². The SMILES string of the molecule is CCOC(=O)C1(C(C)=O)CC(CNC(C)=O)c2c1ccc(OC)c2OC. The molecule has 0 saturated heterocycles. The number of rotatable bonds is 7. The summed E-state index contributed by atoms with van der Waals surface area (Å²) in [6, 6.07) is 3.39. The maximum absolute atomic E-state index is 12.8. The van der Waals surface area contributed by atoms with Gasteiger partial charge in [0.25, 0.3) is 0 Å². The van der Waals surface area contributed by atoms with Crippen molar-refractivity contribution in [2.24, 2.45) is 0 Å². The van der Waals surface area contributed by atoms with Crippen LogP contribution in [0.4, 0.5) is 0 Å². The van der Waals surface area contributed by atoms with Crippen LogP contribution in [0.15, 0.2) is 12.1 Å². The summed E-state index contributed by atoms with van der Waals surface area (Å²) in [5.74, 6) is -0.381. The molecule has 0 spiro atoms. The molecule has 0 saturated carbocycles. The van der Waals surface area contributed by atoms with Crippen molar-refractivity contribution in [3.8, 4) is 11.5 Å². The molecule has 1 aromatic carbocycles. The Labute approximate surface area is 153 Å². The number of carbonyl (C=O) groups is 3. The molecule has 1 aromatic rings. The zero-order valence-electron chi connectivity index (χ0n) is 15.8. The second kappa shape index (κ2) is 7.76. The van der Waals surface area contributed by atoms with Crippen molar-refractivity contribution < 1.29 is 28.6 Å². The van der Waals surface area contributed by atoms with Crippen LogP contribution < -0.4 is 14.8 Å². The van der Waals surface area contributed by atoms with Crippen molar-refractivity contribution in [2.45, 2.75) is 38.5 Å². The van der Waals surface area contributed by atoms with Crippen LogP contribution in [-0.4, -0.2) is 45.0 Å². The summed E-state index contributed by atoms with van der Waals surface area (Å²) in [5, 5.41) is 2.77. The van der Waals surface area contributed by atoms with Gasteiger partial charge in [-0.3, -0.25) is 14.4 Å². The van der Waals surface area contributed by atoms with Crippen molar-refractivity contribution >= 4 is 17.7 Å². The number of nitrogens with one attached hydrogen (secondary N) is 1. The van der Waals surface area contributed by atoms with E-state index in [1.165, 1.54) is 28.1 Å². The van der Waals surface area contributed by atoms with E-state index in [1.807, 2.05) is 0 Å². The highest BCUT2D eigenvalue weighted by Gasteiger charge is 2.55. The first-order chi connectivity index (χ1) is 12.3. The van der Waals surface area contributed by atoms with Crippen LogP contribution in [0.25, 0.3) is 0 Å². The van der Waals surface area contributed by atoms with Crippen LogP contribution in [0.1, 0.15) is 44.2 Å². The van der Waals surface area contributed by atoms with Crippen LogP contribution in [0.3, 0.4) is 0 Å². The maximum Gasteiger partial charge on any atom is 0.324 e. The van der Waals surface area contributed by atoms with Crippen molar-refractivity contribution in [1.82, 2.24) is 5.32 Å². The molecular formula is C19H25NO6. The fourth-order valence-electron chi connectivity index (χ4n) is 3.68. The molecule has 7 heteroatoms. The average molecular weight is 363 g/mol. The second-order valence-corrected chi connectivity index (χ2v) is 6.28. The molecule has 0 aromatic heterocycles. The number of hydrogen-bond acceptors (Lipinski definition) is 6. The van der Waals surface area contributed by atoms with E-state index in [-0.39, 0.29) is 37.2 Å². The third kappa shape index (κ3) is 3.13. The van der Waals surface area contributed by atoms with Crippen LogP contribution in [0, 0.1) is 0 Å². The predicted octanol–water partition coefficient (Wildman–Crippen LogP) is 1.72. The third-order valence-corrected chi connectivity index (χ3v) is 4.83. The molecule has 0 bridgehead atoms. The van der Waals surface area contributed by atoms with Gasteiger partial charge in [-0.25, -0.2) is 0 Å². The number of carbonyl (C=O) groups excluding carboxylic acids is 3. The molecule has 1 N–H and O–H groups in total. The molecule has 0 radical (unpaired) electrons. The summed E-state index contributed by atoms with van der Waals surface area (Å²) in [4.78, 5) is 36.8. The number of Topliss-reactive ketones (excluding diaryl/α,β-unsaturated/α-hetero) is 1. The number of hydrogen-bond donors (Lipinski definition) is 1. The molecule has 0 aliphatic heterocycles. The highest BCUT2D eigenvalue weighted by molar-refractivity contribution is 6.10. The zero-order valence-corrected chi connectivity index (χ0v) is 15.8. The van der Waals surface area contributed by atoms with Gasteiger partial charge in [0.1, 0.15) is 0 Å². The number of amides is 1. The zero-order chi connectivity index (χ0) is 19.5. The number of ketones is 1. The first-order valence-corrected chi connectivity index (χ1v) is 8.51. The molecule has 0 fully saturated rings. The molecule has 1 amide bonds. The lowest BCUT2D eigenvalue weighted by atomic mass is 9.77. The van der Waals surface area contributed by atoms with Crippen LogP contribution >= 0.6 is 0 Å². The Bertz CT molecular complexity index is 729. The van der Waals surface area contributed by atoms with Gasteiger partial charge in [-0.05, 0) is 31.9 Å². The summed E-state index contributed by atoms with van der Waals surface area (Å²) in [7, 11) is 3.03. The van der Waals surface area contributed by atoms with E-state index in [0.29, 0.717) is 22.6 Å². The normalized spacial score (nSPS) is 20.9. The molecule has 2 unspecified atom stereocenters. The van der Waals surface area contributed by atoms with E-state index < -0.39 is 11.4 Å². The first-order valence-electron chi connectivity index (χ1n) is 8.51. The lowest BCUT2D eigenvalue weighted by Crippen LogP contribution is -2.42. The fourth-order valence-corrected chi connectivity index (χ4v) is 3.68. The number of fused-ring (bicyclic) bond motifs is 1. The Kier molecular flexibility index (Phi) is 5.90. The average Bonchev–Trinajstić information content (AvgIpc) is 2.95. The molecule has 142 valence electrons. The minimum atomic E-state index is -1.41. The topological polar surface area (TPSA) is 90.9 Å². The van der Waals surface area contributed by atoms with Crippen LogP contribution in [0.2, 0.25) is 0 Å². The van der Waals surface area contributed by atoms with Gasteiger partial charge in [0.2, 0.25) is 5.91 Å². The Morgan fingerprint density at radius 2 is 1.88 bits per heavy atom. The Balaban J connectivity index is 2.69. The van der Waals surface area contributed by atoms with Crippen molar-refractivity contribution in [1.29, 1.82) is 0 Å². The molecule has 0 heterocycles. The van der Waals surface area contributed by atoms with Gasteiger partial charge >= 0.3 is 5.97 Å². The van der Waals surface area contributed by atoms with Gasteiger partial charge < -0.3 is 19.5 Å². The highest BCUT2D eigenvalue weighted by atomic mass is 16.5. The van der Waals surface area contributed by atoms with E-state index in [1.54, 1.807) is 19.1 Å². The van der Waals surface area contributed by atoms with E-state index in [4.69, 9.17) is 14.2 Å². The lowest BCUT2D eigenvalue weighted by Gasteiger charge is -2.25. The lowest BCUT2D eigenvalue weighted by molar-refractivity contribution is -0.153. The van der Waals surface area contributed by atoms with Gasteiger partial charge in [-0.1, -0.05) is 6.07 Å². The Morgan fingerprint density at radius 3 is 2.38 bits per heavy atom. The minimum absolute atomic E-state index is 0.173. The number of benzene rings is 1. The van der Waals surface area contributed by atoms with Crippen LogP contribution in [-0.2, 0) is 24.5 Å². The summed E-state index contributed by atoms with van der Waals surface area (Å²) in [5.41, 5.74) is -0.158. The predicted molar refractivity (Wildman–Crippen MR) is 94.6 cm³/mol. The number of methoxy groups -OCH3 is 2. The van der Waals surface area contributed by atoms with Crippen molar-refractivity contribution in [3.63, 3.8) is 0 Å². The number of ether oxygens (including phenoxy) is 3. The van der Waals surface area contributed by atoms with E-state index in [9.17, 15) is 14.4 Å². The first kappa shape index (κ1) is 19.8. The summed E-state index contributed by atoms with van der Waals surface area (Å²) < 4.78 is 16.1. The fraction of sp³-hybridized carbons (Fsp3) is 0.526. The van der Waals surface area contributed by atoms with Crippen molar-refractivity contribution in [2.75, 3.05) is 27.4 Å². The van der Waals surface area contributed by atoms with Gasteiger partial charge in [0, 0.05) is 24.9 Å². The second-order valence-electron chi connectivity index (χ2n) is 6.28. The molecule has 26 heavy (non-hydrogen) atoms. The molecule has 1 aliphatic rings. The number of esters is 1. The summed E-state index contributed by atoms with van der Waals surface area (Å²) >= 11 is 0. The van der Waals surface area contributed by atoms with Crippen LogP contribution in [0.5, 0.6) is 11.5 Å². The van der Waals surface area contributed by atoms with E-state index >= 15 is 0 Å². The largest absolute Gasteiger partial charge is 0.493 e. The maximum atomic E-state index is 12.8. The quantitative estimate of drug-likeness (QED) is 0.586. The molecular weight excluding hydrogens is 338 g/mol. The van der Waals surface area contributed by atoms with Gasteiger partial charge in [0.05, 0.1) is 20.8 Å². The smallest absolute Gasteiger partial charge is 0.324 e.